The molecule has 1 aliphatic rings. The zero-order valence-electron chi connectivity index (χ0n) is 15.8. The molecule has 0 radical (unpaired) electrons. The molecular weight excluding hydrogens is 364 g/mol. The van der Waals surface area contributed by atoms with Crippen LogP contribution in [0, 0.1) is 0 Å². The number of aromatic nitrogens is 2. The van der Waals surface area contributed by atoms with Crippen LogP contribution in [-0.2, 0) is 19.4 Å². The van der Waals surface area contributed by atoms with E-state index in [1.807, 2.05) is 13.1 Å². The average molecular weight is 389 g/mol. The van der Waals surface area contributed by atoms with Gasteiger partial charge in [-0.1, -0.05) is 23.4 Å². The van der Waals surface area contributed by atoms with E-state index in [2.05, 4.69) is 58.5 Å². The molecule has 4 rings (SSSR count). The van der Waals surface area contributed by atoms with Crippen LogP contribution in [0.2, 0.25) is 0 Å². The largest absolute Gasteiger partial charge is 0.459 e. The van der Waals surface area contributed by atoms with Crippen molar-refractivity contribution < 1.29 is 8.94 Å². The van der Waals surface area contributed by atoms with E-state index in [4.69, 9.17) is 8.94 Å². The van der Waals surface area contributed by atoms with Gasteiger partial charge in [0.2, 0.25) is 0 Å². The van der Waals surface area contributed by atoms with Gasteiger partial charge in [0.15, 0.2) is 11.6 Å². The lowest BCUT2D eigenvalue weighted by Gasteiger charge is -2.24. The molecule has 2 aromatic heterocycles. The number of halogens is 1. The molecule has 1 aliphatic heterocycles. The lowest BCUT2D eigenvalue weighted by Crippen LogP contribution is -2.28. The normalized spacial score (nSPS) is 16.9. The molecule has 3 heterocycles. The van der Waals surface area contributed by atoms with Crippen LogP contribution < -0.4 is 10.2 Å². The van der Waals surface area contributed by atoms with E-state index in [1.165, 1.54) is 11.3 Å². The summed E-state index contributed by atoms with van der Waals surface area (Å²) in [6, 6.07) is 11.3. The minimum Gasteiger partial charge on any atom is -0.459 e. The number of anilines is 1. The summed E-state index contributed by atoms with van der Waals surface area (Å²) in [4.78, 5) is 6.92. The van der Waals surface area contributed by atoms with E-state index in [9.17, 15) is 0 Å². The Balaban J connectivity index is 0.00000210. The summed E-state index contributed by atoms with van der Waals surface area (Å²) in [5.74, 6) is 1.80. The summed E-state index contributed by atoms with van der Waals surface area (Å²) < 4.78 is 11.1. The summed E-state index contributed by atoms with van der Waals surface area (Å²) in [6.07, 6.45) is 3.47. The number of benzene rings is 1. The Morgan fingerprint density at radius 3 is 2.93 bits per heavy atom. The smallest absolute Gasteiger partial charge is 0.293 e. The highest BCUT2D eigenvalue weighted by atomic mass is 35.5. The first-order chi connectivity index (χ1) is 12.7. The van der Waals surface area contributed by atoms with Crippen LogP contribution in [0.3, 0.4) is 0 Å². The molecule has 0 aliphatic carbocycles. The maximum Gasteiger partial charge on any atom is 0.293 e. The van der Waals surface area contributed by atoms with E-state index in [-0.39, 0.29) is 12.4 Å². The van der Waals surface area contributed by atoms with Gasteiger partial charge in [0.25, 0.3) is 5.89 Å². The lowest BCUT2D eigenvalue weighted by molar-refractivity contribution is 0.405. The zero-order valence-corrected chi connectivity index (χ0v) is 16.6. The molecule has 0 bridgehead atoms. The molecule has 3 aromatic rings. The standard InChI is InChI=1S/C20H24N4O2.ClH/c1-13(21-3)10-18-22-20(26-23-18)19-16(8-9-25-19)12-24-14(2)11-15-6-4-5-7-17(15)24;/h4-9,13-14,21H,10-12H2,1-3H3;1H. The van der Waals surface area contributed by atoms with Gasteiger partial charge in [-0.05, 0) is 45.0 Å². The number of likely N-dealkylation sites (N-methyl/N-ethyl adjacent to an activating group) is 1. The van der Waals surface area contributed by atoms with Crippen molar-refractivity contribution in [3.63, 3.8) is 0 Å². The number of rotatable bonds is 6. The Morgan fingerprint density at radius 1 is 1.30 bits per heavy atom. The molecule has 2 atom stereocenters. The van der Waals surface area contributed by atoms with Gasteiger partial charge in [-0.3, -0.25) is 0 Å². The SMILES string of the molecule is CNC(C)Cc1noc(-c2occc2CN2c3ccccc3CC2C)n1.Cl. The maximum atomic E-state index is 5.69. The molecule has 7 heteroatoms. The van der Waals surface area contributed by atoms with E-state index in [0.717, 1.165) is 18.5 Å². The van der Waals surface area contributed by atoms with E-state index >= 15 is 0 Å². The van der Waals surface area contributed by atoms with Crippen LogP contribution in [0.1, 0.15) is 30.8 Å². The minimum absolute atomic E-state index is 0. The molecular formula is C20H25ClN4O2. The topological polar surface area (TPSA) is 67.3 Å². The Bertz CT molecular complexity index is 892. The van der Waals surface area contributed by atoms with Gasteiger partial charge in [-0.15, -0.1) is 12.4 Å². The van der Waals surface area contributed by atoms with Crippen molar-refractivity contribution in [3.8, 4) is 11.7 Å². The highest BCUT2D eigenvalue weighted by molar-refractivity contribution is 5.85. The summed E-state index contributed by atoms with van der Waals surface area (Å²) in [6.45, 7) is 5.10. The third-order valence-corrected chi connectivity index (χ3v) is 5.08. The summed E-state index contributed by atoms with van der Waals surface area (Å²) in [7, 11) is 1.92. The molecule has 2 unspecified atom stereocenters. The molecule has 0 fully saturated rings. The van der Waals surface area contributed by atoms with Crippen molar-refractivity contribution in [1.82, 2.24) is 15.5 Å². The molecule has 27 heavy (non-hydrogen) atoms. The highest BCUT2D eigenvalue weighted by Crippen LogP contribution is 2.35. The van der Waals surface area contributed by atoms with Gasteiger partial charge in [0, 0.05) is 36.3 Å². The summed E-state index contributed by atoms with van der Waals surface area (Å²) >= 11 is 0. The van der Waals surface area contributed by atoms with Gasteiger partial charge >= 0.3 is 0 Å². The van der Waals surface area contributed by atoms with Crippen molar-refractivity contribution in [2.24, 2.45) is 0 Å². The molecule has 6 nitrogen and oxygen atoms in total. The van der Waals surface area contributed by atoms with Gasteiger partial charge in [0.05, 0.1) is 6.26 Å². The van der Waals surface area contributed by atoms with Crippen molar-refractivity contribution in [1.29, 1.82) is 0 Å². The number of hydrogen-bond acceptors (Lipinski definition) is 6. The van der Waals surface area contributed by atoms with Gasteiger partial charge in [0.1, 0.15) is 0 Å². The predicted octanol–water partition coefficient (Wildman–Crippen LogP) is 3.85. The zero-order chi connectivity index (χ0) is 18.1. The predicted molar refractivity (Wildman–Crippen MR) is 107 cm³/mol. The lowest BCUT2D eigenvalue weighted by atomic mass is 10.1. The number of furan rings is 1. The Hall–Kier alpha value is -2.31. The first-order valence-corrected chi connectivity index (χ1v) is 9.07. The second-order valence-electron chi connectivity index (χ2n) is 6.99. The fourth-order valence-electron chi connectivity index (χ4n) is 3.51. The van der Waals surface area contributed by atoms with Crippen LogP contribution in [0.4, 0.5) is 5.69 Å². The van der Waals surface area contributed by atoms with Crippen molar-refractivity contribution >= 4 is 18.1 Å². The first kappa shape index (κ1) is 19.5. The van der Waals surface area contributed by atoms with E-state index < -0.39 is 0 Å². The maximum absolute atomic E-state index is 5.69. The quantitative estimate of drug-likeness (QED) is 0.691. The van der Waals surface area contributed by atoms with Crippen molar-refractivity contribution in [3.05, 3.63) is 53.5 Å². The van der Waals surface area contributed by atoms with E-state index in [1.54, 1.807) is 6.26 Å². The van der Waals surface area contributed by atoms with Gasteiger partial charge < -0.3 is 19.2 Å². The third-order valence-electron chi connectivity index (χ3n) is 5.08. The number of nitrogens with zero attached hydrogens (tertiary/aromatic N) is 3. The monoisotopic (exact) mass is 388 g/mol. The molecule has 0 saturated heterocycles. The van der Waals surface area contributed by atoms with Crippen LogP contribution in [-0.4, -0.2) is 29.3 Å². The fraction of sp³-hybridized carbons (Fsp3) is 0.400. The van der Waals surface area contributed by atoms with Crippen molar-refractivity contribution in [2.45, 2.75) is 45.3 Å². The van der Waals surface area contributed by atoms with Crippen LogP contribution in [0.25, 0.3) is 11.7 Å². The molecule has 0 amide bonds. The number of fused-ring (bicyclic) bond motifs is 1. The third kappa shape index (κ3) is 3.87. The van der Waals surface area contributed by atoms with Gasteiger partial charge in [-0.2, -0.15) is 4.98 Å². The van der Waals surface area contributed by atoms with Crippen LogP contribution >= 0.6 is 12.4 Å². The van der Waals surface area contributed by atoms with Gasteiger partial charge in [-0.25, -0.2) is 0 Å². The number of para-hydroxylation sites is 1. The van der Waals surface area contributed by atoms with Crippen LogP contribution in [0.15, 0.2) is 45.5 Å². The molecule has 1 aromatic carbocycles. The molecule has 0 saturated carbocycles. The second kappa shape index (κ2) is 8.15. The molecule has 144 valence electrons. The second-order valence-corrected chi connectivity index (χ2v) is 6.99. The Labute approximate surface area is 165 Å². The Kier molecular flexibility index (Phi) is 5.87. The first-order valence-electron chi connectivity index (χ1n) is 9.07. The van der Waals surface area contributed by atoms with Crippen molar-refractivity contribution in [2.75, 3.05) is 11.9 Å². The highest BCUT2D eigenvalue weighted by Gasteiger charge is 2.27. The molecule has 0 spiro atoms. The summed E-state index contributed by atoms with van der Waals surface area (Å²) in [5.41, 5.74) is 3.75. The van der Waals surface area contributed by atoms with E-state index in [0.29, 0.717) is 36.0 Å². The average Bonchev–Trinajstić information content (AvgIpc) is 3.35. The minimum atomic E-state index is 0. The van der Waals surface area contributed by atoms with Crippen LogP contribution in [0.5, 0.6) is 0 Å². The molecule has 1 N–H and O–H groups in total. The number of hydrogen-bond donors (Lipinski definition) is 1. The fourth-order valence-corrected chi connectivity index (χ4v) is 3.51. The summed E-state index contributed by atoms with van der Waals surface area (Å²) in [5, 5.41) is 7.26. The Morgan fingerprint density at radius 2 is 2.11 bits per heavy atom. The number of nitrogens with one attached hydrogen (secondary N) is 1.